The number of anilines is 1. The molecule has 3 nitrogen and oxygen atoms in total. The summed E-state index contributed by atoms with van der Waals surface area (Å²) in [6.07, 6.45) is 1.79. The molecule has 110 valence electrons. The van der Waals surface area contributed by atoms with Crippen molar-refractivity contribution in [2.45, 2.75) is 18.7 Å². The Labute approximate surface area is 127 Å². The molecule has 0 unspecified atom stereocenters. The normalized spacial score (nSPS) is 10.5. The van der Waals surface area contributed by atoms with E-state index in [9.17, 15) is 14.3 Å². The molecule has 0 aliphatic heterocycles. The lowest BCUT2D eigenvalue weighted by Gasteiger charge is -2.12. The molecule has 0 heterocycles. The summed E-state index contributed by atoms with van der Waals surface area (Å²) in [4.78, 5) is 12.9. The van der Waals surface area contributed by atoms with E-state index >= 15 is 0 Å². The van der Waals surface area contributed by atoms with Gasteiger partial charge in [0.1, 0.15) is 11.6 Å². The monoisotopic (exact) mass is 305 g/mol. The van der Waals surface area contributed by atoms with Crippen LogP contribution in [0.25, 0.3) is 0 Å². The van der Waals surface area contributed by atoms with Crippen molar-refractivity contribution < 1.29 is 14.3 Å². The zero-order valence-electron chi connectivity index (χ0n) is 12.0. The van der Waals surface area contributed by atoms with Crippen LogP contribution in [-0.2, 0) is 0 Å². The van der Waals surface area contributed by atoms with Crippen LogP contribution < -0.4 is 5.32 Å². The van der Waals surface area contributed by atoms with E-state index in [4.69, 9.17) is 0 Å². The molecule has 0 aliphatic rings. The van der Waals surface area contributed by atoms with Gasteiger partial charge in [-0.15, -0.1) is 11.8 Å². The topological polar surface area (TPSA) is 49.3 Å². The second-order valence-corrected chi connectivity index (χ2v) is 5.58. The molecule has 0 radical (unpaired) electrons. The van der Waals surface area contributed by atoms with E-state index in [0.717, 1.165) is 0 Å². The predicted molar refractivity (Wildman–Crippen MR) is 83.7 cm³/mol. The molecule has 0 fully saturated rings. The Bertz CT molecular complexity index is 678. The molecule has 5 heteroatoms. The number of amides is 1. The first-order valence-corrected chi connectivity index (χ1v) is 7.60. The minimum absolute atomic E-state index is 0.0355. The molecule has 0 aromatic heterocycles. The van der Waals surface area contributed by atoms with Crippen molar-refractivity contribution in [3.63, 3.8) is 0 Å². The molecule has 0 saturated carbocycles. The van der Waals surface area contributed by atoms with Crippen LogP contribution in [0.2, 0.25) is 0 Å². The quantitative estimate of drug-likeness (QED) is 0.662. The van der Waals surface area contributed by atoms with Gasteiger partial charge in [-0.05, 0) is 55.5 Å². The van der Waals surface area contributed by atoms with E-state index in [1.54, 1.807) is 44.4 Å². The Balaban J connectivity index is 2.35. The van der Waals surface area contributed by atoms with Gasteiger partial charge in [0.25, 0.3) is 5.91 Å². The van der Waals surface area contributed by atoms with Crippen molar-refractivity contribution in [2.24, 2.45) is 0 Å². The summed E-state index contributed by atoms with van der Waals surface area (Å²) in [5.41, 5.74) is 1.88. The summed E-state index contributed by atoms with van der Waals surface area (Å²) in [6.45, 7) is 3.49. The minimum atomic E-state index is -0.549. The van der Waals surface area contributed by atoms with Crippen molar-refractivity contribution in [3.8, 4) is 5.75 Å². The van der Waals surface area contributed by atoms with Crippen LogP contribution in [0, 0.1) is 19.7 Å². The Morgan fingerprint density at radius 1 is 1.24 bits per heavy atom. The van der Waals surface area contributed by atoms with Gasteiger partial charge in [-0.2, -0.15) is 0 Å². The lowest BCUT2D eigenvalue weighted by Crippen LogP contribution is -2.15. The highest BCUT2D eigenvalue weighted by Crippen LogP contribution is 2.27. The van der Waals surface area contributed by atoms with Crippen LogP contribution in [0.4, 0.5) is 10.1 Å². The Morgan fingerprint density at radius 2 is 1.86 bits per heavy atom. The first-order chi connectivity index (χ1) is 9.93. The van der Waals surface area contributed by atoms with Gasteiger partial charge in [0.05, 0.1) is 5.56 Å². The summed E-state index contributed by atoms with van der Waals surface area (Å²) in [5, 5.41) is 12.4. The van der Waals surface area contributed by atoms with Crippen molar-refractivity contribution in [3.05, 3.63) is 52.8 Å². The van der Waals surface area contributed by atoms with Crippen LogP contribution in [-0.4, -0.2) is 17.3 Å². The van der Waals surface area contributed by atoms with Crippen LogP contribution >= 0.6 is 11.8 Å². The second-order valence-electron chi connectivity index (χ2n) is 4.73. The van der Waals surface area contributed by atoms with Gasteiger partial charge in [0, 0.05) is 10.6 Å². The first kappa shape index (κ1) is 15.4. The van der Waals surface area contributed by atoms with Crippen LogP contribution in [0.5, 0.6) is 5.75 Å². The standard InChI is InChI=1S/C16H16FNO2S/c1-9-7-11(8-10(2)15(9)19)18-16(20)14-12(17)5-4-6-13(14)21-3/h4-8,19H,1-3H3,(H,18,20). The lowest BCUT2D eigenvalue weighted by molar-refractivity contribution is 0.102. The zero-order chi connectivity index (χ0) is 15.6. The molecule has 21 heavy (non-hydrogen) atoms. The number of aryl methyl sites for hydroxylation is 2. The number of benzene rings is 2. The molecular formula is C16H16FNO2S. The summed E-state index contributed by atoms with van der Waals surface area (Å²) in [7, 11) is 0. The average Bonchev–Trinajstić information content (AvgIpc) is 2.44. The van der Waals surface area contributed by atoms with E-state index in [1.165, 1.54) is 17.8 Å². The fourth-order valence-corrected chi connectivity index (χ4v) is 2.73. The number of carbonyl (C=O) groups is 1. The number of phenols is 1. The van der Waals surface area contributed by atoms with E-state index in [1.807, 2.05) is 0 Å². The number of nitrogens with one attached hydrogen (secondary N) is 1. The van der Waals surface area contributed by atoms with E-state index in [0.29, 0.717) is 21.7 Å². The maximum atomic E-state index is 13.9. The van der Waals surface area contributed by atoms with E-state index < -0.39 is 11.7 Å². The van der Waals surface area contributed by atoms with Crippen molar-refractivity contribution in [1.82, 2.24) is 0 Å². The highest BCUT2D eigenvalue weighted by Gasteiger charge is 2.17. The molecule has 2 rings (SSSR count). The molecule has 0 bridgehead atoms. The summed E-state index contributed by atoms with van der Waals surface area (Å²) < 4.78 is 13.9. The van der Waals surface area contributed by atoms with Gasteiger partial charge < -0.3 is 10.4 Å². The van der Waals surface area contributed by atoms with Crippen molar-refractivity contribution >= 4 is 23.4 Å². The van der Waals surface area contributed by atoms with Gasteiger partial charge in [0.15, 0.2) is 0 Å². The summed E-state index contributed by atoms with van der Waals surface area (Å²) >= 11 is 1.32. The van der Waals surface area contributed by atoms with Crippen molar-refractivity contribution in [2.75, 3.05) is 11.6 Å². The molecule has 2 aromatic rings. The SMILES string of the molecule is CSc1cccc(F)c1C(=O)Nc1cc(C)c(O)c(C)c1. The number of thioether (sulfide) groups is 1. The molecule has 2 aromatic carbocycles. The third kappa shape index (κ3) is 3.19. The molecular weight excluding hydrogens is 289 g/mol. The Morgan fingerprint density at radius 3 is 2.43 bits per heavy atom. The van der Waals surface area contributed by atoms with E-state index in [-0.39, 0.29) is 11.3 Å². The number of rotatable bonds is 3. The van der Waals surface area contributed by atoms with Crippen LogP contribution in [0.1, 0.15) is 21.5 Å². The minimum Gasteiger partial charge on any atom is -0.507 e. The fraction of sp³-hybridized carbons (Fsp3) is 0.188. The summed E-state index contributed by atoms with van der Waals surface area (Å²) in [6, 6.07) is 7.85. The smallest absolute Gasteiger partial charge is 0.259 e. The molecule has 0 aliphatic carbocycles. The van der Waals surface area contributed by atoms with Crippen LogP contribution in [0.3, 0.4) is 0 Å². The Hall–Kier alpha value is -2.01. The van der Waals surface area contributed by atoms with Gasteiger partial charge in [0.2, 0.25) is 0 Å². The first-order valence-electron chi connectivity index (χ1n) is 6.38. The maximum absolute atomic E-state index is 13.9. The second kappa shape index (κ2) is 6.18. The largest absolute Gasteiger partial charge is 0.507 e. The zero-order valence-corrected chi connectivity index (χ0v) is 12.8. The third-order valence-corrected chi connectivity index (χ3v) is 3.95. The molecule has 1 amide bonds. The number of carbonyl (C=O) groups excluding carboxylic acids is 1. The maximum Gasteiger partial charge on any atom is 0.259 e. The number of hydrogen-bond acceptors (Lipinski definition) is 3. The molecule has 0 atom stereocenters. The molecule has 0 spiro atoms. The van der Waals surface area contributed by atoms with Gasteiger partial charge in [-0.3, -0.25) is 4.79 Å². The van der Waals surface area contributed by atoms with E-state index in [2.05, 4.69) is 5.32 Å². The van der Waals surface area contributed by atoms with Crippen LogP contribution in [0.15, 0.2) is 35.2 Å². The Kier molecular flexibility index (Phi) is 4.53. The summed E-state index contributed by atoms with van der Waals surface area (Å²) in [5.74, 6) is -0.850. The lowest BCUT2D eigenvalue weighted by atomic mass is 10.1. The van der Waals surface area contributed by atoms with Gasteiger partial charge in [-0.25, -0.2) is 4.39 Å². The third-order valence-electron chi connectivity index (χ3n) is 3.17. The van der Waals surface area contributed by atoms with Gasteiger partial charge >= 0.3 is 0 Å². The number of hydrogen-bond donors (Lipinski definition) is 2. The fourth-order valence-electron chi connectivity index (χ4n) is 2.12. The van der Waals surface area contributed by atoms with Crippen molar-refractivity contribution in [1.29, 1.82) is 0 Å². The number of phenolic OH excluding ortho intramolecular Hbond substituents is 1. The predicted octanol–water partition coefficient (Wildman–Crippen LogP) is 4.12. The number of halogens is 1. The number of aromatic hydroxyl groups is 1. The molecule has 2 N–H and O–H groups in total. The molecule has 0 saturated heterocycles. The average molecular weight is 305 g/mol. The highest BCUT2D eigenvalue weighted by atomic mass is 32.2. The highest BCUT2D eigenvalue weighted by molar-refractivity contribution is 7.98. The van der Waals surface area contributed by atoms with Gasteiger partial charge in [-0.1, -0.05) is 6.07 Å².